The number of pyridine rings is 1. The highest BCUT2D eigenvalue weighted by Crippen LogP contribution is 2.35. The Morgan fingerprint density at radius 3 is 2.58 bits per heavy atom. The molecule has 1 saturated heterocycles. The normalized spacial score (nSPS) is 18.0. The Labute approximate surface area is 146 Å². The van der Waals surface area contributed by atoms with Crippen molar-refractivity contribution in [3.05, 3.63) is 59.2 Å². The first kappa shape index (κ1) is 15.7. The van der Waals surface area contributed by atoms with Gasteiger partial charge in [0.1, 0.15) is 15.4 Å². The van der Waals surface area contributed by atoms with Gasteiger partial charge in [-0.3, -0.25) is 4.90 Å². The van der Waals surface area contributed by atoms with Crippen molar-refractivity contribution in [2.24, 2.45) is 5.73 Å². The summed E-state index contributed by atoms with van der Waals surface area (Å²) in [6.45, 7) is 3.76. The van der Waals surface area contributed by atoms with Crippen LogP contribution in [-0.2, 0) is 12.0 Å². The second kappa shape index (κ2) is 6.59. The van der Waals surface area contributed by atoms with Crippen molar-refractivity contribution in [2.45, 2.75) is 24.8 Å². The largest absolute Gasteiger partial charge is 0.330 e. The van der Waals surface area contributed by atoms with Gasteiger partial charge in [-0.1, -0.05) is 41.7 Å². The Morgan fingerprint density at radius 1 is 1.08 bits per heavy atom. The number of nitrogens with zero attached hydrogens (tertiary/aromatic N) is 3. The summed E-state index contributed by atoms with van der Waals surface area (Å²) in [5.41, 5.74) is 8.71. The summed E-state index contributed by atoms with van der Waals surface area (Å²) in [6, 6.07) is 14.7. The second-order valence-corrected chi connectivity index (χ2v) is 7.62. The summed E-state index contributed by atoms with van der Waals surface area (Å²) >= 11 is 1.70. The van der Waals surface area contributed by atoms with E-state index in [0.29, 0.717) is 0 Å². The SMILES string of the molecule is NCC1(c2ccccc2)CCN(Cc2nc3cccnc3s2)CC1. The second-order valence-electron chi connectivity index (χ2n) is 6.56. The third-order valence-corrected chi connectivity index (χ3v) is 6.12. The van der Waals surface area contributed by atoms with Crippen molar-refractivity contribution in [1.29, 1.82) is 0 Å². The number of aromatic nitrogens is 2. The highest BCUT2D eigenvalue weighted by molar-refractivity contribution is 7.18. The summed E-state index contributed by atoms with van der Waals surface area (Å²) in [6.07, 6.45) is 4.05. The number of nitrogens with two attached hydrogens (primary N) is 1. The van der Waals surface area contributed by atoms with Crippen molar-refractivity contribution >= 4 is 21.7 Å². The maximum Gasteiger partial charge on any atom is 0.143 e. The monoisotopic (exact) mass is 338 g/mol. The molecule has 0 saturated carbocycles. The number of fused-ring (bicyclic) bond motifs is 1. The molecule has 0 atom stereocenters. The van der Waals surface area contributed by atoms with E-state index < -0.39 is 0 Å². The van der Waals surface area contributed by atoms with Crippen LogP contribution in [0.15, 0.2) is 48.7 Å². The zero-order valence-electron chi connectivity index (χ0n) is 13.7. The number of hydrogen-bond donors (Lipinski definition) is 1. The maximum atomic E-state index is 6.18. The fraction of sp³-hybridized carbons (Fsp3) is 0.368. The average Bonchev–Trinajstić information content (AvgIpc) is 3.05. The highest BCUT2D eigenvalue weighted by Gasteiger charge is 2.35. The number of hydrogen-bond acceptors (Lipinski definition) is 5. The Bertz CT molecular complexity index is 773. The van der Waals surface area contributed by atoms with Crippen LogP contribution in [0.5, 0.6) is 0 Å². The number of benzene rings is 1. The molecule has 24 heavy (non-hydrogen) atoms. The molecule has 3 heterocycles. The minimum atomic E-state index is 0.132. The van der Waals surface area contributed by atoms with Crippen molar-refractivity contribution in [3.63, 3.8) is 0 Å². The van der Waals surface area contributed by atoms with Crippen LogP contribution in [0.25, 0.3) is 10.3 Å². The summed E-state index contributed by atoms with van der Waals surface area (Å²) in [5, 5.41) is 1.16. The predicted octanol–water partition coefficient (Wildman–Crippen LogP) is 3.18. The van der Waals surface area contributed by atoms with E-state index in [0.717, 1.165) is 54.4 Å². The first-order valence-electron chi connectivity index (χ1n) is 8.47. The summed E-state index contributed by atoms with van der Waals surface area (Å²) in [5.74, 6) is 0. The van der Waals surface area contributed by atoms with Gasteiger partial charge in [0.25, 0.3) is 0 Å². The molecule has 1 aliphatic heterocycles. The summed E-state index contributed by atoms with van der Waals surface area (Å²) < 4.78 is 0. The Hall–Kier alpha value is -1.82. The molecule has 1 aromatic carbocycles. The predicted molar refractivity (Wildman–Crippen MR) is 99.1 cm³/mol. The van der Waals surface area contributed by atoms with E-state index in [2.05, 4.69) is 40.2 Å². The molecule has 1 aliphatic rings. The average molecular weight is 338 g/mol. The number of thiazole rings is 1. The molecule has 0 spiro atoms. The van der Waals surface area contributed by atoms with Gasteiger partial charge in [0.2, 0.25) is 0 Å². The van der Waals surface area contributed by atoms with Gasteiger partial charge in [0, 0.05) is 18.2 Å². The van der Waals surface area contributed by atoms with E-state index in [9.17, 15) is 0 Å². The molecule has 0 amide bonds. The molecule has 4 nitrogen and oxygen atoms in total. The first-order chi connectivity index (χ1) is 11.8. The van der Waals surface area contributed by atoms with Gasteiger partial charge in [-0.15, -0.1) is 0 Å². The molecule has 0 bridgehead atoms. The zero-order valence-corrected chi connectivity index (χ0v) is 14.5. The molecule has 4 rings (SSSR count). The van der Waals surface area contributed by atoms with E-state index >= 15 is 0 Å². The maximum absolute atomic E-state index is 6.18. The van der Waals surface area contributed by atoms with Crippen molar-refractivity contribution < 1.29 is 0 Å². The molecule has 5 heteroatoms. The third-order valence-electron chi connectivity index (χ3n) is 5.16. The van der Waals surface area contributed by atoms with E-state index in [-0.39, 0.29) is 5.41 Å². The molecular formula is C19H22N4S. The van der Waals surface area contributed by atoms with Crippen LogP contribution in [0.2, 0.25) is 0 Å². The van der Waals surface area contributed by atoms with Crippen LogP contribution < -0.4 is 5.73 Å². The summed E-state index contributed by atoms with van der Waals surface area (Å²) in [4.78, 5) is 12.6. The lowest BCUT2D eigenvalue weighted by Gasteiger charge is -2.41. The van der Waals surface area contributed by atoms with E-state index in [1.54, 1.807) is 11.3 Å². The number of piperidine rings is 1. The van der Waals surface area contributed by atoms with Crippen molar-refractivity contribution in [1.82, 2.24) is 14.9 Å². The Kier molecular flexibility index (Phi) is 4.31. The topological polar surface area (TPSA) is 55.0 Å². The lowest BCUT2D eigenvalue weighted by Crippen LogP contribution is -2.46. The molecule has 2 aromatic heterocycles. The lowest BCUT2D eigenvalue weighted by atomic mass is 9.73. The molecule has 0 radical (unpaired) electrons. The smallest absolute Gasteiger partial charge is 0.143 e. The molecular weight excluding hydrogens is 316 g/mol. The fourth-order valence-corrected chi connectivity index (χ4v) is 4.56. The lowest BCUT2D eigenvalue weighted by molar-refractivity contribution is 0.156. The van der Waals surface area contributed by atoms with Gasteiger partial charge < -0.3 is 5.73 Å². The van der Waals surface area contributed by atoms with Crippen LogP contribution in [0.3, 0.4) is 0 Å². The number of rotatable bonds is 4. The van der Waals surface area contributed by atoms with Gasteiger partial charge in [0.15, 0.2) is 0 Å². The third kappa shape index (κ3) is 2.95. The van der Waals surface area contributed by atoms with Crippen LogP contribution in [0.1, 0.15) is 23.4 Å². The van der Waals surface area contributed by atoms with Crippen molar-refractivity contribution in [2.75, 3.05) is 19.6 Å². The molecule has 124 valence electrons. The number of likely N-dealkylation sites (tertiary alicyclic amines) is 1. The van der Waals surface area contributed by atoms with E-state index in [1.807, 2.05) is 18.3 Å². The minimum Gasteiger partial charge on any atom is -0.330 e. The standard InChI is InChI=1S/C19H22N4S/c20-14-19(15-5-2-1-3-6-15)8-11-23(12-9-19)13-17-22-16-7-4-10-21-18(16)24-17/h1-7,10H,8-9,11-14,20H2. The molecule has 0 aliphatic carbocycles. The molecule has 2 N–H and O–H groups in total. The fourth-order valence-electron chi connectivity index (χ4n) is 3.62. The van der Waals surface area contributed by atoms with Gasteiger partial charge in [0.05, 0.1) is 6.54 Å². The molecule has 0 unspecified atom stereocenters. The van der Waals surface area contributed by atoms with Gasteiger partial charge in [-0.25, -0.2) is 9.97 Å². The zero-order chi connectivity index (χ0) is 16.4. The molecule has 3 aromatic rings. The van der Waals surface area contributed by atoms with Crippen LogP contribution in [-0.4, -0.2) is 34.5 Å². The minimum absolute atomic E-state index is 0.132. The van der Waals surface area contributed by atoms with Gasteiger partial charge in [-0.05, 0) is 43.6 Å². The van der Waals surface area contributed by atoms with Crippen LogP contribution in [0, 0.1) is 0 Å². The van der Waals surface area contributed by atoms with Crippen molar-refractivity contribution in [3.8, 4) is 0 Å². The van der Waals surface area contributed by atoms with Crippen LogP contribution >= 0.6 is 11.3 Å². The quantitative estimate of drug-likeness (QED) is 0.794. The van der Waals surface area contributed by atoms with Gasteiger partial charge in [-0.2, -0.15) is 0 Å². The Morgan fingerprint density at radius 2 is 1.88 bits per heavy atom. The highest BCUT2D eigenvalue weighted by atomic mass is 32.1. The van der Waals surface area contributed by atoms with Gasteiger partial charge >= 0.3 is 0 Å². The molecule has 1 fully saturated rings. The van der Waals surface area contributed by atoms with Crippen LogP contribution in [0.4, 0.5) is 0 Å². The van der Waals surface area contributed by atoms with E-state index in [1.165, 1.54) is 5.56 Å². The first-order valence-corrected chi connectivity index (χ1v) is 9.29. The van der Waals surface area contributed by atoms with E-state index in [4.69, 9.17) is 10.7 Å². The summed E-state index contributed by atoms with van der Waals surface area (Å²) in [7, 11) is 0. The Balaban J connectivity index is 1.45.